The van der Waals surface area contributed by atoms with Crippen LogP contribution in [0.3, 0.4) is 0 Å². The van der Waals surface area contributed by atoms with E-state index in [0.29, 0.717) is 5.56 Å². The number of aliphatic hydroxyl groups is 1. The molecule has 1 rings (SSSR count). The van der Waals surface area contributed by atoms with Gasteiger partial charge in [0.05, 0.1) is 11.0 Å². The maximum atomic E-state index is 10.5. The van der Waals surface area contributed by atoms with Crippen LogP contribution in [0.5, 0.6) is 5.75 Å². The lowest BCUT2D eigenvalue weighted by Crippen LogP contribution is -2.24. The summed E-state index contributed by atoms with van der Waals surface area (Å²) in [6.45, 7) is 3.27. The lowest BCUT2D eigenvalue weighted by Gasteiger charge is -2.09. The van der Waals surface area contributed by atoms with Crippen LogP contribution in [0.1, 0.15) is 5.56 Å². The van der Waals surface area contributed by atoms with Gasteiger partial charge in [0, 0.05) is 6.07 Å². The van der Waals surface area contributed by atoms with Gasteiger partial charge in [-0.15, -0.1) is 0 Å². The summed E-state index contributed by atoms with van der Waals surface area (Å²) in [6, 6.07) is 3.27. The Hall–Kier alpha value is -2.08. The number of nitro groups is 1. The van der Waals surface area contributed by atoms with Gasteiger partial charge in [0.2, 0.25) is 0 Å². The van der Waals surface area contributed by atoms with Crippen LogP contribution in [0.15, 0.2) is 30.5 Å². The van der Waals surface area contributed by atoms with Crippen LogP contribution < -0.4 is 5.73 Å². The largest absolute Gasteiger partial charge is 0.511 e. The smallest absolute Gasteiger partial charge is 0.310 e. The van der Waals surface area contributed by atoms with E-state index < -0.39 is 16.7 Å². The van der Waals surface area contributed by atoms with Crippen molar-refractivity contribution in [3.63, 3.8) is 0 Å². The van der Waals surface area contributed by atoms with Gasteiger partial charge in [-0.2, -0.15) is 0 Å². The highest BCUT2D eigenvalue weighted by Gasteiger charge is 2.15. The Bertz CT molecular complexity index is 431. The third kappa shape index (κ3) is 2.71. The zero-order valence-corrected chi connectivity index (χ0v) is 8.46. The summed E-state index contributed by atoms with van der Waals surface area (Å²) in [5.41, 5.74) is 5.70. The molecule has 0 aliphatic rings. The molecule has 4 N–H and O–H groups in total. The second-order valence-corrected chi connectivity index (χ2v) is 3.38. The average molecular weight is 224 g/mol. The van der Waals surface area contributed by atoms with Crippen LogP contribution >= 0.6 is 0 Å². The molecule has 0 aromatic heterocycles. The average Bonchev–Trinajstić information content (AvgIpc) is 2.20. The van der Waals surface area contributed by atoms with Crippen molar-refractivity contribution >= 4 is 5.69 Å². The van der Waals surface area contributed by atoms with Crippen molar-refractivity contribution < 1.29 is 15.1 Å². The summed E-state index contributed by atoms with van der Waals surface area (Å²) in [7, 11) is 0. The first-order valence-corrected chi connectivity index (χ1v) is 4.51. The Kier molecular flexibility index (Phi) is 3.47. The number of aliphatic hydroxyl groups excluding tert-OH is 1. The van der Waals surface area contributed by atoms with Crippen molar-refractivity contribution in [2.24, 2.45) is 5.73 Å². The van der Waals surface area contributed by atoms with Crippen molar-refractivity contribution in [3.8, 4) is 5.75 Å². The number of nitro benzene ring substituents is 1. The van der Waals surface area contributed by atoms with E-state index in [1.807, 2.05) is 0 Å². The van der Waals surface area contributed by atoms with Gasteiger partial charge in [-0.1, -0.05) is 12.6 Å². The summed E-state index contributed by atoms with van der Waals surface area (Å²) >= 11 is 0. The summed E-state index contributed by atoms with van der Waals surface area (Å²) < 4.78 is 0. The van der Waals surface area contributed by atoms with E-state index in [2.05, 4.69) is 6.58 Å². The van der Waals surface area contributed by atoms with E-state index in [1.165, 1.54) is 18.2 Å². The van der Waals surface area contributed by atoms with Gasteiger partial charge in [0.1, 0.15) is 5.76 Å². The number of benzene rings is 1. The molecule has 1 unspecified atom stereocenters. The molecule has 0 fully saturated rings. The van der Waals surface area contributed by atoms with Crippen molar-refractivity contribution in [2.75, 3.05) is 0 Å². The summed E-state index contributed by atoms with van der Waals surface area (Å²) in [5.74, 6) is -0.583. The van der Waals surface area contributed by atoms with E-state index >= 15 is 0 Å². The highest BCUT2D eigenvalue weighted by atomic mass is 16.6. The van der Waals surface area contributed by atoms with Crippen LogP contribution in [0.4, 0.5) is 5.69 Å². The first kappa shape index (κ1) is 12.0. The lowest BCUT2D eigenvalue weighted by molar-refractivity contribution is -0.385. The Morgan fingerprint density at radius 2 is 2.25 bits per heavy atom. The van der Waals surface area contributed by atoms with E-state index in [9.17, 15) is 15.2 Å². The molecular weight excluding hydrogens is 212 g/mol. The van der Waals surface area contributed by atoms with E-state index in [-0.39, 0.29) is 17.9 Å². The number of phenolic OH excluding ortho intramolecular Hbond substituents is 1. The monoisotopic (exact) mass is 224 g/mol. The molecule has 1 aromatic rings. The fraction of sp³-hybridized carbons (Fsp3) is 0.200. The number of hydrogen-bond acceptors (Lipinski definition) is 5. The molecule has 0 saturated heterocycles. The Balaban J connectivity index is 2.95. The van der Waals surface area contributed by atoms with E-state index in [4.69, 9.17) is 10.8 Å². The molecule has 1 atom stereocenters. The fourth-order valence-electron chi connectivity index (χ4n) is 1.21. The van der Waals surface area contributed by atoms with Gasteiger partial charge in [-0.05, 0) is 18.1 Å². The van der Waals surface area contributed by atoms with Crippen LogP contribution in [0.2, 0.25) is 0 Å². The predicted octanol–water partition coefficient (Wildman–Crippen LogP) is 1.24. The molecule has 0 amide bonds. The quantitative estimate of drug-likeness (QED) is 0.405. The minimum Gasteiger partial charge on any atom is -0.511 e. The molecule has 16 heavy (non-hydrogen) atoms. The Morgan fingerprint density at radius 3 is 2.75 bits per heavy atom. The molecule has 0 radical (unpaired) electrons. The number of hydrogen-bond donors (Lipinski definition) is 3. The highest BCUT2D eigenvalue weighted by molar-refractivity contribution is 5.47. The molecule has 6 nitrogen and oxygen atoms in total. The van der Waals surface area contributed by atoms with Gasteiger partial charge in [0.25, 0.3) is 0 Å². The van der Waals surface area contributed by atoms with Crippen LogP contribution in [-0.2, 0) is 6.42 Å². The lowest BCUT2D eigenvalue weighted by atomic mass is 10.0. The third-order valence-electron chi connectivity index (χ3n) is 2.12. The normalized spacial score (nSPS) is 12.1. The summed E-state index contributed by atoms with van der Waals surface area (Å²) in [4.78, 5) is 9.86. The second-order valence-electron chi connectivity index (χ2n) is 3.38. The van der Waals surface area contributed by atoms with Gasteiger partial charge in [-0.3, -0.25) is 10.1 Å². The van der Waals surface area contributed by atoms with Crippen molar-refractivity contribution in [2.45, 2.75) is 12.5 Å². The van der Waals surface area contributed by atoms with Crippen LogP contribution in [0, 0.1) is 10.1 Å². The van der Waals surface area contributed by atoms with Gasteiger partial charge in [-0.25, -0.2) is 0 Å². The molecule has 0 saturated carbocycles. The highest BCUT2D eigenvalue weighted by Crippen LogP contribution is 2.26. The maximum absolute atomic E-state index is 10.5. The number of aromatic hydroxyl groups is 1. The van der Waals surface area contributed by atoms with Gasteiger partial charge < -0.3 is 15.9 Å². The number of phenols is 1. The first-order chi connectivity index (χ1) is 7.41. The molecule has 0 aliphatic carbocycles. The van der Waals surface area contributed by atoms with E-state index in [1.54, 1.807) is 0 Å². The minimum atomic E-state index is -0.682. The predicted molar refractivity (Wildman–Crippen MR) is 58.2 cm³/mol. The molecule has 6 heteroatoms. The summed E-state index contributed by atoms with van der Waals surface area (Å²) in [5, 5.41) is 28.8. The van der Waals surface area contributed by atoms with Crippen LogP contribution in [0.25, 0.3) is 0 Å². The molecule has 0 heterocycles. The third-order valence-corrected chi connectivity index (χ3v) is 2.12. The van der Waals surface area contributed by atoms with Gasteiger partial charge in [0.15, 0.2) is 5.75 Å². The summed E-state index contributed by atoms with van der Waals surface area (Å²) in [6.07, 6.45) is 0.219. The molecule has 0 aliphatic heterocycles. The van der Waals surface area contributed by atoms with Crippen molar-refractivity contribution in [1.29, 1.82) is 0 Å². The Labute approximate surface area is 91.8 Å². The molecule has 0 bridgehead atoms. The fourth-order valence-corrected chi connectivity index (χ4v) is 1.21. The van der Waals surface area contributed by atoms with E-state index in [0.717, 1.165) is 0 Å². The van der Waals surface area contributed by atoms with Crippen molar-refractivity contribution in [1.82, 2.24) is 0 Å². The molecule has 1 aromatic carbocycles. The van der Waals surface area contributed by atoms with Crippen LogP contribution in [-0.4, -0.2) is 21.2 Å². The number of nitrogens with zero attached hydrogens (tertiary/aromatic N) is 1. The second kappa shape index (κ2) is 4.63. The van der Waals surface area contributed by atoms with Gasteiger partial charge >= 0.3 is 5.69 Å². The zero-order valence-electron chi connectivity index (χ0n) is 8.46. The molecule has 0 spiro atoms. The Morgan fingerprint density at radius 1 is 1.62 bits per heavy atom. The molecular formula is C10H12N2O4. The number of rotatable bonds is 4. The maximum Gasteiger partial charge on any atom is 0.310 e. The standard InChI is InChI=1S/C10H12N2O4/c1-6(13)8(11)4-7-2-3-10(14)9(5-7)12(15)16/h2-3,5,8,13-14H,1,4,11H2. The molecule has 86 valence electrons. The minimum absolute atomic E-state index is 0.185. The zero-order chi connectivity index (χ0) is 12.3. The SMILES string of the molecule is C=C(O)C(N)Cc1ccc(O)c([N+](=O)[O-])c1. The van der Waals surface area contributed by atoms with Crippen molar-refractivity contribution in [3.05, 3.63) is 46.2 Å². The topological polar surface area (TPSA) is 110 Å². The first-order valence-electron chi connectivity index (χ1n) is 4.51. The number of nitrogens with two attached hydrogens (primary N) is 1.